The lowest BCUT2D eigenvalue weighted by molar-refractivity contribution is 0.0702. The molecule has 1 rings (SSSR count). The summed E-state index contributed by atoms with van der Waals surface area (Å²) >= 11 is 1.05. The summed E-state index contributed by atoms with van der Waals surface area (Å²) in [5.74, 6) is -0.910. The maximum atomic E-state index is 10.0. The van der Waals surface area contributed by atoms with Crippen molar-refractivity contribution in [1.29, 1.82) is 0 Å². The SMILES string of the molecule is O=C(O)c1cc#cs1. The van der Waals surface area contributed by atoms with Crippen LogP contribution in [0.25, 0.3) is 0 Å². The van der Waals surface area contributed by atoms with E-state index in [2.05, 4.69) is 11.4 Å². The van der Waals surface area contributed by atoms with Crippen molar-refractivity contribution in [3.8, 4) is 0 Å². The minimum Gasteiger partial charge on any atom is -0.477 e. The first kappa shape index (κ1) is 5.13. The van der Waals surface area contributed by atoms with Gasteiger partial charge in [0.05, 0.1) is 0 Å². The molecule has 1 aromatic heterocycles. The Morgan fingerprint density at radius 1 is 1.88 bits per heavy atom. The minimum absolute atomic E-state index is 0.282. The van der Waals surface area contributed by atoms with Gasteiger partial charge in [-0.15, -0.1) is 0 Å². The van der Waals surface area contributed by atoms with Gasteiger partial charge in [-0.25, -0.2) is 4.79 Å². The molecule has 0 unspecified atom stereocenters. The van der Waals surface area contributed by atoms with Gasteiger partial charge in [0.2, 0.25) is 0 Å². The zero-order valence-corrected chi connectivity index (χ0v) is 4.66. The lowest BCUT2D eigenvalue weighted by Gasteiger charge is -1.77. The van der Waals surface area contributed by atoms with Gasteiger partial charge in [-0.2, -0.15) is 0 Å². The van der Waals surface area contributed by atoms with E-state index in [1.54, 1.807) is 0 Å². The van der Waals surface area contributed by atoms with Crippen LogP contribution in [0.4, 0.5) is 0 Å². The second-order valence-corrected chi connectivity index (χ2v) is 2.01. The molecule has 1 N–H and O–H groups in total. The molecule has 0 amide bonds. The van der Waals surface area contributed by atoms with Crippen LogP contribution in [-0.4, -0.2) is 11.1 Å². The van der Waals surface area contributed by atoms with Crippen LogP contribution in [0.2, 0.25) is 0 Å². The van der Waals surface area contributed by atoms with Crippen molar-refractivity contribution in [2.75, 3.05) is 0 Å². The summed E-state index contributed by atoms with van der Waals surface area (Å²) in [5.41, 5.74) is 0. The first-order valence-corrected chi connectivity index (χ1v) is 2.73. The number of carbonyl (C=O) groups is 1. The average Bonchev–Trinajstić information content (AvgIpc) is 2.12. The van der Waals surface area contributed by atoms with Gasteiger partial charge in [0.25, 0.3) is 0 Å². The Kier molecular flexibility index (Phi) is 1.18. The fraction of sp³-hybridized carbons (Fsp3) is 0. The highest BCUT2D eigenvalue weighted by Crippen LogP contribution is 2.01. The van der Waals surface area contributed by atoms with E-state index < -0.39 is 5.97 Å². The number of rotatable bonds is 1. The maximum Gasteiger partial charge on any atom is 0.347 e. The summed E-state index contributed by atoms with van der Waals surface area (Å²) in [5, 5.41) is 10.8. The van der Waals surface area contributed by atoms with Crippen LogP contribution in [0.3, 0.4) is 0 Å². The smallest absolute Gasteiger partial charge is 0.347 e. The lowest BCUT2D eigenvalue weighted by atomic mass is 10.5. The van der Waals surface area contributed by atoms with E-state index in [1.807, 2.05) is 0 Å². The number of carboxylic acid groups (broad SMARTS) is 1. The fourth-order valence-electron chi connectivity index (χ4n) is 0.314. The summed E-state index contributed by atoms with van der Waals surface area (Å²) in [4.78, 5) is 10.3. The van der Waals surface area contributed by atoms with Crippen molar-refractivity contribution in [2.24, 2.45) is 0 Å². The van der Waals surface area contributed by atoms with Gasteiger partial charge in [-0.05, 0) is 5.38 Å². The summed E-state index contributed by atoms with van der Waals surface area (Å²) in [6.07, 6.45) is 0. The second kappa shape index (κ2) is 1.85. The van der Waals surface area contributed by atoms with Crippen LogP contribution in [0.1, 0.15) is 9.67 Å². The largest absolute Gasteiger partial charge is 0.477 e. The first-order valence-electron chi connectivity index (χ1n) is 1.91. The van der Waals surface area contributed by atoms with Gasteiger partial charge >= 0.3 is 5.97 Å². The molecule has 0 saturated heterocycles. The molecule has 0 bridgehead atoms. The van der Waals surface area contributed by atoms with Crippen molar-refractivity contribution >= 4 is 17.3 Å². The maximum absolute atomic E-state index is 10.0. The molecule has 0 aliphatic carbocycles. The normalized spacial score (nSPS) is 8.00. The molecule has 40 valence electrons. The highest BCUT2D eigenvalue weighted by molar-refractivity contribution is 7.10. The van der Waals surface area contributed by atoms with E-state index in [9.17, 15) is 4.79 Å². The summed E-state index contributed by atoms with van der Waals surface area (Å²) < 4.78 is 0. The molecule has 3 heteroatoms. The first-order chi connectivity index (χ1) is 3.80. The van der Waals surface area contributed by atoms with Gasteiger partial charge in [0, 0.05) is 6.07 Å². The van der Waals surface area contributed by atoms with Gasteiger partial charge in [0.15, 0.2) is 0 Å². The van der Waals surface area contributed by atoms with Crippen LogP contribution in [0.5, 0.6) is 0 Å². The van der Waals surface area contributed by atoms with Crippen LogP contribution >= 0.6 is 11.3 Å². The number of aromatic carboxylic acids is 1. The van der Waals surface area contributed by atoms with Gasteiger partial charge < -0.3 is 5.11 Å². The molecule has 2 nitrogen and oxygen atoms in total. The molecule has 1 heterocycles. The minimum atomic E-state index is -0.910. The molecular weight excluding hydrogens is 124 g/mol. The molecule has 0 radical (unpaired) electrons. The molecule has 0 saturated carbocycles. The molecule has 8 heavy (non-hydrogen) atoms. The molecule has 0 aliphatic rings. The number of hydrogen-bond donors (Lipinski definition) is 1. The second-order valence-electron chi connectivity index (χ2n) is 1.16. The van der Waals surface area contributed by atoms with E-state index in [-0.39, 0.29) is 4.88 Å². The predicted octanol–water partition coefficient (Wildman–Crippen LogP) is 1.05. The Hall–Kier alpha value is -1.01. The molecular formula is C5H2O2S. The molecule has 0 aliphatic heterocycles. The molecule has 1 aromatic rings. The lowest BCUT2D eigenvalue weighted by Crippen LogP contribution is -1.89. The average molecular weight is 126 g/mol. The zero-order chi connectivity index (χ0) is 5.98. The quantitative estimate of drug-likeness (QED) is 0.610. The third-order valence-corrected chi connectivity index (χ3v) is 1.37. The summed E-state index contributed by atoms with van der Waals surface area (Å²) in [6, 6.07) is 3.92. The monoisotopic (exact) mass is 126 g/mol. The standard InChI is InChI=1S/C5H2O2S/c6-5(7)4-2-1-3-8-4/h2H,(H,6,7). The van der Waals surface area contributed by atoms with Crippen LogP contribution in [0.15, 0.2) is 6.07 Å². The van der Waals surface area contributed by atoms with Crippen LogP contribution in [-0.2, 0) is 0 Å². The van der Waals surface area contributed by atoms with Gasteiger partial charge in [0.1, 0.15) is 4.88 Å². The van der Waals surface area contributed by atoms with Crippen molar-refractivity contribution in [3.63, 3.8) is 0 Å². The molecule has 0 spiro atoms. The Morgan fingerprint density at radius 3 is 2.88 bits per heavy atom. The highest BCUT2D eigenvalue weighted by Gasteiger charge is 1.99. The van der Waals surface area contributed by atoms with Crippen molar-refractivity contribution in [3.05, 3.63) is 22.4 Å². The molecule has 0 fully saturated rings. The highest BCUT2D eigenvalue weighted by atomic mass is 32.1. The van der Waals surface area contributed by atoms with Crippen LogP contribution in [0, 0.1) is 11.4 Å². The molecule has 0 aromatic carbocycles. The molecule has 0 atom stereocenters. The van der Waals surface area contributed by atoms with Crippen molar-refractivity contribution < 1.29 is 9.90 Å². The number of hydrogen-bond acceptors (Lipinski definition) is 2. The Bertz CT molecular complexity index is 178. The third kappa shape index (κ3) is 0.796. The van der Waals surface area contributed by atoms with Gasteiger partial charge in [-0.3, -0.25) is 0 Å². The summed E-state index contributed by atoms with van der Waals surface area (Å²) in [6.45, 7) is 0. The van der Waals surface area contributed by atoms with Crippen LogP contribution < -0.4 is 0 Å². The Balaban J connectivity index is 2.93. The Morgan fingerprint density at radius 2 is 2.62 bits per heavy atom. The van der Waals surface area contributed by atoms with Crippen molar-refractivity contribution in [2.45, 2.75) is 0 Å². The number of carboxylic acids is 1. The summed E-state index contributed by atoms with van der Waals surface area (Å²) in [7, 11) is 0. The zero-order valence-electron chi connectivity index (χ0n) is 3.84. The topological polar surface area (TPSA) is 37.3 Å². The van der Waals surface area contributed by atoms with E-state index >= 15 is 0 Å². The van der Waals surface area contributed by atoms with E-state index in [0.29, 0.717) is 0 Å². The van der Waals surface area contributed by atoms with E-state index in [1.165, 1.54) is 6.07 Å². The van der Waals surface area contributed by atoms with E-state index in [0.717, 1.165) is 11.3 Å². The van der Waals surface area contributed by atoms with E-state index in [4.69, 9.17) is 5.11 Å². The van der Waals surface area contributed by atoms with Crippen molar-refractivity contribution in [1.82, 2.24) is 0 Å². The Labute approximate surface area is 50.4 Å². The third-order valence-electron chi connectivity index (χ3n) is 0.634. The fourth-order valence-corrected chi connectivity index (χ4v) is 0.747. The van der Waals surface area contributed by atoms with Gasteiger partial charge in [-0.1, -0.05) is 17.4 Å². The predicted molar refractivity (Wildman–Crippen MR) is 29.0 cm³/mol.